The summed E-state index contributed by atoms with van der Waals surface area (Å²) in [7, 11) is 4.43. The van der Waals surface area contributed by atoms with Gasteiger partial charge in [-0.2, -0.15) is 0 Å². The molecule has 2 heteroatoms. The van der Waals surface area contributed by atoms with Crippen LogP contribution >= 0.6 is 0 Å². The van der Waals surface area contributed by atoms with Crippen molar-refractivity contribution in [2.45, 2.75) is 72.0 Å². The average Bonchev–Trinajstić information content (AvgIpc) is 2.51. The normalized spacial score (nSPS) is 30.2. The number of hydrogen-bond acceptors (Lipinski definition) is 2. The van der Waals surface area contributed by atoms with E-state index < -0.39 is 0 Å². The van der Waals surface area contributed by atoms with Gasteiger partial charge in [0.2, 0.25) is 0 Å². The lowest BCUT2D eigenvalue weighted by atomic mass is 9.86. The zero-order valence-electron chi connectivity index (χ0n) is 12.9. The molecule has 0 aromatic carbocycles. The second-order valence-electron chi connectivity index (χ2n) is 7.00. The molecule has 1 aliphatic carbocycles. The lowest BCUT2D eigenvalue weighted by Gasteiger charge is -2.38. The Labute approximate surface area is 108 Å². The molecule has 0 spiro atoms. The highest BCUT2D eigenvalue weighted by molar-refractivity contribution is 5.00. The zero-order valence-corrected chi connectivity index (χ0v) is 12.9. The highest BCUT2D eigenvalue weighted by Crippen LogP contribution is 2.40. The third-order valence-corrected chi connectivity index (χ3v) is 4.65. The fourth-order valence-electron chi connectivity index (χ4n) is 3.56. The van der Waals surface area contributed by atoms with Crippen LogP contribution in [0.2, 0.25) is 0 Å². The summed E-state index contributed by atoms with van der Waals surface area (Å²) in [6.45, 7) is 11.8. The van der Waals surface area contributed by atoms with Crippen LogP contribution in [0.25, 0.3) is 0 Å². The van der Waals surface area contributed by atoms with Crippen molar-refractivity contribution in [2.24, 2.45) is 11.3 Å². The van der Waals surface area contributed by atoms with Crippen LogP contribution in [0.3, 0.4) is 0 Å². The van der Waals surface area contributed by atoms with Crippen LogP contribution in [-0.2, 0) is 0 Å². The largest absolute Gasteiger partial charge is 0.315 e. The molecule has 1 aliphatic rings. The Bertz CT molecular complexity index is 235. The highest BCUT2D eigenvalue weighted by Gasteiger charge is 2.43. The highest BCUT2D eigenvalue weighted by atomic mass is 15.2. The summed E-state index contributed by atoms with van der Waals surface area (Å²) in [4.78, 5) is 2.61. The van der Waals surface area contributed by atoms with E-state index in [1.165, 1.54) is 19.3 Å². The Hall–Kier alpha value is -0.0800. The third-order valence-electron chi connectivity index (χ3n) is 4.65. The SMILES string of the molecule is CNC1C(N(C)C(C)CC(C)C)CCC1(C)C. The van der Waals surface area contributed by atoms with E-state index in [1.807, 2.05) is 0 Å². The van der Waals surface area contributed by atoms with Crippen LogP contribution in [-0.4, -0.2) is 37.1 Å². The second-order valence-corrected chi connectivity index (χ2v) is 7.00. The summed E-state index contributed by atoms with van der Waals surface area (Å²) >= 11 is 0. The number of nitrogens with zero attached hydrogens (tertiary/aromatic N) is 1. The Morgan fingerprint density at radius 1 is 1.29 bits per heavy atom. The fourth-order valence-corrected chi connectivity index (χ4v) is 3.56. The smallest absolute Gasteiger partial charge is 0.0271 e. The lowest BCUT2D eigenvalue weighted by Crippen LogP contribution is -2.51. The van der Waals surface area contributed by atoms with Gasteiger partial charge in [-0.05, 0) is 51.6 Å². The van der Waals surface area contributed by atoms with Crippen molar-refractivity contribution < 1.29 is 0 Å². The molecule has 0 radical (unpaired) electrons. The first-order chi connectivity index (χ1) is 7.79. The van der Waals surface area contributed by atoms with E-state index in [9.17, 15) is 0 Å². The maximum absolute atomic E-state index is 3.55. The van der Waals surface area contributed by atoms with Gasteiger partial charge < -0.3 is 5.32 Å². The van der Waals surface area contributed by atoms with Crippen LogP contribution < -0.4 is 5.32 Å². The molecule has 1 rings (SSSR count). The van der Waals surface area contributed by atoms with E-state index in [0.717, 1.165) is 5.92 Å². The van der Waals surface area contributed by atoms with E-state index >= 15 is 0 Å². The van der Waals surface area contributed by atoms with Crippen molar-refractivity contribution >= 4 is 0 Å². The molecule has 1 saturated carbocycles. The van der Waals surface area contributed by atoms with Gasteiger partial charge in [-0.25, -0.2) is 0 Å². The van der Waals surface area contributed by atoms with E-state index in [1.54, 1.807) is 0 Å². The lowest BCUT2D eigenvalue weighted by molar-refractivity contribution is 0.127. The minimum absolute atomic E-state index is 0.436. The summed E-state index contributed by atoms with van der Waals surface area (Å²) < 4.78 is 0. The molecule has 0 saturated heterocycles. The topological polar surface area (TPSA) is 15.3 Å². The molecule has 102 valence electrons. The Kier molecular flexibility index (Phi) is 5.03. The summed E-state index contributed by atoms with van der Waals surface area (Å²) in [5, 5.41) is 3.55. The van der Waals surface area contributed by atoms with Crippen molar-refractivity contribution in [2.75, 3.05) is 14.1 Å². The van der Waals surface area contributed by atoms with E-state index in [-0.39, 0.29) is 0 Å². The molecule has 2 nitrogen and oxygen atoms in total. The molecule has 0 aromatic heterocycles. The van der Waals surface area contributed by atoms with Crippen molar-refractivity contribution in [3.63, 3.8) is 0 Å². The molecular weight excluding hydrogens is 208 g/mol. The van der Waals surface area contributed by atoms with E-state index in [4.69, 9.17) is 0 Å². The van der Waals surface area contributed by atoms with Crippen LogP contribution in [0.15, 0.2) is 0 Å². The first kappa shape index (κ1) is 15.0. The van der Waals surface area contributed by atoms with Crippen molar-refractivity contribution in [1.82, 2.24) is 10.2 Å². The van der Waals surface area contributed by atoms with Gasteiger partial charge in [0, 0.05) is 18.1 Å². The summed E-state index contributed by atoms with van der Waals surface area (Å²) in [5.41, 5.74) is 0.436. The minimum Gasteiger partial charge on any atom is -0.315 e. The predicted molar refractivity (Wildman–Crippen MR) is 76.3 cm³/mol. The van der Waals surface area contributed by atoms with Gasteiger partial charge in [0.1, 0.15) is 0 Å². The number of hydrogen-bond donors (Lipinski definition) is 1. The molecule has 0 bridgehead atoms. The van der Waals surface area contributed by atoms with Gasteiger partial charge in [-0.15, -0.1) is 0 Å². The van der Waals surface area contributed by atoms with Crippen LogP contribution in [0, 0.1) is 11.3 Å². The van der Waals surface area contributed by atoms with Gasteiger partial charge in [-0.3, -0.25) is 4.90 Å². The van der Waals surface area contributed by atoms with Crippen molar-refractivity contribution in [1.29, 1.82) is 0 Å². The maximum Gasteiger partial charge on any atom is 0.0271 e. The Balaban J connectivity index is 2.66. The fraction of sp³-hybridized carbons (Fsp3) is 1.00. The number of likely N-dealkylation sites (N-methyl/N-ethyl adjacent to an activating group) is 2. The molecule has 0 amide bonds. The van der Waals surface area contributed by atoms with Gasteiger partial charge >= 0.3 is 0 Å². The van der Waals surface area contributed by atoms with Gasteiger partial charge in [0.15, 0.2) is 0 Å². The van der Waals surface area contributed by atoms with Crippen LogP contribution in [0.1, 0.15) is 53.9 Å². The summed E-state index contributed by atoms with van der Waals surface area (Å²) in [6.07, 6.45) is 3.96. The van der Waals surface area contributed by atoms with Crippen LogP contribution in [0.5, 0.6) is 0 Å². The van der Waals surface area contributed by atoms with Gasteiger partial charge in [0.25, 0.3) is 0 Å². The van der Waals surface area contributed by atoms with Crippen molar-refractivity contribution in [3.8, 4) is 0 Å². The summed E-state index contributed by atoms with van der Waals surface area (Å²) in [5.74, 6) is 0.787. The Morgan fingerprint density at radius 3 is 2.35 bits per heavy atom. The van der Waals surface area contributed by atoms with Crippen LogP contribution in [0.4, 0.5) is 0 Å². The molecule has 1 N–H and O–H groups in total. The van der Waals surface area contributed by atoms with Gasteiger partial charge in [0.05, 0.1) is 0 Å². The molecule has 0 heterocycles. The zero-order chi connectivity index (χ0) is 13.2. The van der Waals surface area contributed by atoms with Gasteiger partial charge in [-0.1, -0.05) is 27.7 Å². The maximum atomic E-state index is 3.55. The quantitative estimate of drug-likeness (QED) is 0.794. The van der Waals surface area contributed by atoms with E-state index in [0.29, 0.717) is 23.5 Å². The first-order valence-electron chi connectivity index (χ1n) is 7.18. The summed E-state index contributed by atoms with van der Waals surface area (Å²) in [6, 6.07) is 2.01. The van der Waals surface area contributed by atoms with E-state index in [2.05, 4.69) is 58.9 Å². The molecule has 1 fully saturated rings. The molecule has 17 heavy (non-hydrogen) atoms. The van der Waals surface area contributed by atoms with Crippen molar-refractivity contribution in [3.05, 3.63) is 0 Å². The molecule has 3 unspecified atom stereocenters. The first-order valence-corrected chi connectivity index (χ1v) is 7.18. The molecule has 3 atom stereocenters. The standard InChI is InChI=1S/C15H32N2/c1-11(2)10-12(3)17(7)13-8-9-15(4,5)14(13)16-6/h11-14,16H,8-10H2,1-7H3. The predicted octanol–water partition coefficient (Wildman–Crippen LogP) is 3.13. The number of rotatable bonds is 5. The molecule has 0 aliphatic heterocycles. The monoisotopic (exact) mass is 240 g/mol. The second kappa shape index (κ2) is 5.71. The minimum atomic E-state index is 0.436. The average molecular weight is 240 g/mol. The number of nitrogens with one attached hydrogen (secondary N) is 1. The molecular formula is C15H32N2. The molecule has 0 aromatic rings. The Morgan fingerprint density at radius 2 is 1.88 bits per heavy atom. The third kappa shape index (κ3) is 3.45.